The van der Waals surface area contributed by atoms with E-state index in [1.165, 1.54) is 11.1 Å². The van der Waals surface area contributed by atoms with Crippen LogP contribution in [0.1, 0.15) is 98.6 Å². The second-order valence-corrected chi connectivity index (χ2v) is 9.94. The number of carbonyl (C=O) groups is 1. The van der Waals surface area contributed by atoms with Gasteiger partial charge in [-0.05, 0) is 54.1 Å². The molecule has 0 bridgehead atoms. The predicted molar refractivity (Wildman–Crippen MR) is 128 cm³/mol. The van der Waals surface area contributed by atoms with Gasteiger partial charge >= 0.3 is 0 Å². The van der Waals surface area contributed by atoms with Crippen LogP contribution >= 0.6 is 0 Å². The molecule has 0 spiro atoms. The van der Waals surface area contributed by atoms with E-state index in [9.17, 15) is 4.79 Å². The largest absolute Gasteiger partial charge is 0.493 e. The molecule has 0 saturated heterocycles. The fourth-order valence-corrected chi connectivity index (χ4v) is 3.25. The summed E-state index contributed by atoms with van der Waals surface area (Å²) in [4.78, 5) is 12.1. The van der Waals surface area contributed by atoms with Crippen LogP contribution in [0.3, 0.4) is 0 Å². The lowest BCUT2D eigenvalue weighted by Crippen LogP contribution is -2.44. The van der Waals surface area contributed by atoms with Gasteiger partial charge in [-0.25, -0.2) is 0 Å². The maximum absolute atomic E-state index is 12.1. The number of benzene rings is 1. The molecule has 0 aliphatic carbocycles. The minimum Gasteiger partial charge on any atom is -0.493 e. The van der Waals surface area contributed by atoms with Crippen LogP contribution in [0.4, 0.5) is 0 Å². The molecule has 0 aliphatic rings. The maximum Gasteiger partial charge on any atom is 0.237 e. The van der Waals surface area contributed by atoms with Gasteiger partial charge in [-0.1, -0.05) is 73.9 Å². The number of nitrogens with one attached hydrogen (secondary N) is 1. The summed E-state index contributed by atoms with van der Waals surface area (Å²) in [6, 6.07) is 6.28. The smallest absolute Gasteiger partial charge is 0.237 e. The first-order valence-corrected chi connectivity index (χ1v) is 11.8. The van der Waals surface area contributed by atoms with Crippen molar-refractivity contribution in [1.82, 2.24) is 5.32 Å². The summed E-state index contributed by atoms with van der Waals surface area (Å²) < 4.78 is 6.20. The molecule has 1 rings (SSSR count). The van der Waals surface area contributed by atoms with Crippen molar-refractivity contribution < 1.29 is 9.53 Å². The number of ether oxygens (including phenoxy) is 1. The van der Waals surface area contributed by atoms with E-state index in [0.717, 1.165) is 37.9 Å². The third kappa shape index (κ3) is 7.30. The van der Waals surface area contributed by atoms with E-state index in [1.54, 1.807) is 0 Å². The zero-order valence-corrected chi connectivity index (χ0v) is 20.7. The van der Waals surface area contributed by atoms with Gasteiger partial charge in [0.1, 0.15) is 5.75 Å². The summed E-state index contributed by atoms with van der Waals surface area (Å²) in [5, 5.41) is 2.95. The minimum absolute atomic E-state index is 0.0497. The Kier molecular flexibility index (Phi) is 10.4. The molecule has 0 aromatic heterocycles. The molecule has 0 heterocycles. The first kappa shape index (κ1) is 26.5. The Morgan fingerprint density at radius 2 is 1.70 bits per heavy atom. The highest BCUT2D eigenvalue weighted by atomic mass is 16.5. The summed E-state index contributed by atoms with van der Waals surface area (Å²) in [5.74, 6) is 1.14. The van der Waals surface area contributed by atoms with Gasteiger partial charge in [0.25, 0.3) is 0 Å². The van der Waals surface area contributed by atoms with E-state index in [0.29, 0.717) is 13.2 Å². The molecule has 30 heavy (non-hydrogen) atoms. The van der Waals surface area contributed by atoms with Crippen molar-refractivity contribution in [1.29, 1.82) is 0 Å². The zero-order chi connectivity index (χ0) is 22.9. The molecule has 0 unspecified atom stereocenters. The normalized spacial score (nSPS) is 14.3. The fraction of sp³-hybridized carbons (Fsp3) is 0.731. The van der Waals surface area contributed by atoms with Gasteiger partial charge in [-0.15, -0.1) is 0 Å². The summed E-state index contributed by atoms with van der Waals surface area (Å²) in [6.45, 7) is 19.0. The third-order valence-corrected chi connectivity index (χ3v) is 6.95. The number of nitrogens with two attached hydrogens (primary N) is 1. The van der Waals surface area contributed by atoms with E-state index < -0.39 is 6.04 Å². The maximum atomic E-state index is 12.1. The van der Waals surface area contributed by atoms with E-state index in [2.05, 4.69) is 72.0 Å². The van der Waals surface area contributed by atoms with Crippen molar-refractivity contribution in [3.8, 4) is 5.75 Å². The Morgan fingerprint density at radius 3 is 2.27 bits per heavy atom. The number of unbranched alkanes of at least 4 members (excludes halogenated alkanes) is 1. The quantitative estimate of drug-likeness (QED) is 0.403. The van der Waals surface area contributed by atoms with Crippen LogP contribution in [0.5, 0.6) is 5.75 Å². The molecule has 172 valence electrons. The summed E-state index contributed by atoms with van der Waals surface area (Å²) in [7, 11) is 0. The average Bonchev–Trinajstić information content (AvgIpc) is 2.74. The molecule has 4 heteroatoms. The van der Waals surface area contributed by atoms with Gasteiger partial charge in [-0.2, -0.15) is 0 Å². The molecule has 2 atom stereocenters. The number of hydrogen-bond acceptors (Lipinski definition) is 3. The van der Waals surface area contributed by atoms with Crippen molar-refractivity contribution in [3.63, 3.8) is 0 Å². The first-order valence-electron chi connectivity index (χ1n) is 11.8. The van der Waals surface area contributed by atoms with Crippen LogP contribution in [0.2, 0.25) is 0 Å². The van der Waals surface area contributed by atoms with E-state index in [-0.39, 0.29) is 22.7 Å². The van der Waals surface area contributed by atoms with Gasteiger partial charge in [0.15, 0.2) is 0 Å². The molecule has 1 aromatic rings. The Labute approximate surface area is 185 Å². The van der Waals surface area contributed by atoms with E-state index in [1.807, 2.05) is 6.92 Å². The zero-order valence-electron chi connectivity index (χ0n) is 20.7. The van der Waals surface area contributed by atoms with Gasteiger partial charge in [0.05, 0.1) is 12.6 Å². The van der Waals surface area contributed by atoms with Crippen LogP contribution in [-0.2, 0) is 15.6 Å². The molecule has 0 radical (unpaired) electrons. The average molecular weight is 419 g/mol. The molecule has 3 N–H and O–H groups in total. The summed E-state index contributed by atoms with van der Waals surface area (Å²) >= 11 is 0. The minimum atomic E-state index is -0.420. The molecular formula is C26H46N2O2. The lowest BCUT2D eigenvalue weighted by Gasteiger charge is -2.30. The van der Waals surface area contributed by atoms with Gasteiger partial charge in [-0.3, -0.25) is 4.79 Å². The van der Waals surface area contributed by atoms with Crippen molar-refractivity contribution in [2.45, 2.75) is 104 Å². The molecular weight excluding hydrogens is 372 g/mol. The predicted octanol–water partition coefficient (Wildman–Crippen LogP) is 5.71. The SMILES string of the molecule is CC[C@@H](C)[C@@H](N)C(=O)NCCCCOc1ccc(C(C)(C)CC)cc1C(C)(C)CC. The molecule has 0 saturated carbocycles. The summed E-state index contributed by atoms with van der Waals surface area (Å²) in [6.07, 6.45) is 4.85. The Balaban J connectivity index is 2.66. The highest BCUT2D eigenvalue weighted by molar-refractivity contribution is 5.81. The second-order valence-electron chi connectivity index (χ2n) is 9.94. The Hall–Kier alpha value is -1.55. The number of carbonyl (C=O) groups excluding carboxylic acids is 1. The topological polar surface area (TPSA) is 64.4 Å². The highest BCUT2D eigenvalue weighted by Gasteiger charge is 2.26. The van der Waals surface area contributed by atoms with E-state index >= 15 is 0 Å². The van der Waals surface area contributed by atoms with Crippen LogP contribution in [0.15, 0.2) is 18.2 Å². The van der Waals surface area contributed by atoms with Crippen molar-refractivity contribution >= 4 is 5.91 Å². The van der Waals surface area contributed by atoms with Gasteiger partial charge in [0, 0.05) is 12.1 Å². The van der Waals surface area contributed by atoms with Crippen molar-refractivity contribution in [3.05, 3.63) is 29.3 Å². The molecule has 4 nitrogen and oxygen atoms in total. The number of rotatable bonds is 13. The van der Waals surface area contributed by atoms with E-state index in [4.69, 9.17) is 10.5 Å². The lowest BCUT2D eigenvalue weighted by atomic mass is 9.76. The van der Waals surface area contributed by atoms with Gasteiger partial charge < -0.3 is 15.8 Å². The number of hydrogen-bond donors (Lipinski definition) is 2. The van der Waals surface area contributed by atoms with Crippen LogP contribution < -0.4 is 15.8 Å². The standard InChI is InChI=1S/C26H46N2O2/c1-9-19(4)23(27)24(29)28-16-12-13-17-30-22-15-14-20(25(5,6)10-2)18-21(22)26(7,8)11-3/h14-15,18-19,23H,9-13,16-17,27H2,1-8H3,(H,28,29)/t19-,23-/m1/s1. The third-order valence-electron chi connectivity index (χ3n) is 6.95. The molecule has 0 fully saturated rings. The monoisotopic (exact) mass is 418 g/mol. The Morgan fingerprint density at radius 1 is 1.07 bits per heavy atom. The van der Waals surface area contributed by atoms with Crippen LogP contribution in [0, 0.1) is 5.92 Å². The molecule has 1 amide bonds. The molecule has 0 aliphatic heterocycles. The lowest BCUT2D eigenvalue weighted by molar-refractivity contribution is -0.123. The van der Waals surface area contributed by atoms with Crippen LogP contribution in [-0.4, -0.2) is 25.1 Å². The summed E-state index contributed by atoms with van der Waals surface area (Å²) in [5.41, 5.74) is 8.86. The van der Waals surface area contributed by atoms with Crippen molar-refractivity contribution in [2.24, 2.45) is 11.7 Å². The highest BCUT2D eigenvalue weighted by Crippen LogP contribution is 2.38. The molecule has 1 aromatic carbocycles. The van der Waals surface area contributed by atoms with Crippen LogP contribution in [0.25, 0.3) is 0 Å². The Bertz CT molecular complexity index is 667. The second kappa shape index (κ2) is 11.7. The fourth-order valence-electron chi connectivity index (χ4n) is 3.25. The van der Waals surface area contributed by atoms with Crippen molar-refractivity contribution in [2.75, 3.05) is 13.2 Å². The van der Waals surface area contributed by atoms with Gasteiger partial charge in [0.2, 0.25) is 5.91 Å². The first-order chi connectivity index (χ1) is 14.0. The number of amides is 1.